The Kier molecular flexibility index (Phi) is 6.04. The van der Waals surface area contributed by atoms with Crippen LogP contribution in [0.1, 0.15) is 16.1 Å². The third-order valence-electron chi connectivity index (χ3n) is 4.94. The molecule has 0 aliphatic rings. The van der Waals surface area contributed by atoms with Crippen LogP contribution >= 0.6 is 23.2 Å². The van der Waals surface area contributed by atoms with E-state index in [9.17, 15) is 22.4 Å². The molecule has 170 valence electrons. The quantitative estimate of drug-likeness (QED) is 0.423. The molecular weight excluding hydrogens is 492 g/mol. The monoisotopic (exact) mass is 507 g/mol. The minimum Gasteiger partial charge on any atom is -0.331 e. The van der Waals surface area contributed by atoms with Crippen molar-refractivity contribution in [3.63, 3.8) is 0 Å². The van der Waals surface area contributed by atoms with Gasteiger partial charge in [0.1, 0.15) is 11.5 Å². The van der Waals surface area contributed by atoms with Crippen LogP contribution in [0.3, 0.4) is 0 Å². The van der Waals surface area contributed by atoms with E-state index in [0.717, 1.165) is 6.26 Å². The molecule has 0 saturated heterocycles. The number of aromatic amines is 1. The van der Waals surface area contributed by atoms with Crippen molar-refractivity contribution in [2.24, 2.45) is 0 Å². The van der Waals surface area contributed by atoms with Crippen molar-refractivity contribution in [2.45, 2.75) is 6.54 Å². The van der Waals surface area contributed by atoms with Gasteiger partial charge in [0.2, 0.25) is 10.0 Å². The smallest absolute Gasteiger partial charge is 0.282 e. The molecule has 0 bridgehead atoms. The van der Waals surface area contributed by atoms with E-state index in [1.165, 1.54) is 35.0 Å². The molecule has 11 heteroatoms. The number of pyridine rings is 1. The van der Waals surface area contributed by atoms with Gasteiger partial charge in [-0.3, -0.25) is 9.59 Å². The van der Waals surface area contributed by atoms with Crippen LogP contribution in [0.2, 0.25) is 10.0 Å². The molecule has 0 aliphatic carbocycles. The van der Waals surface area contributed by atoms with Crippen molar-refractivity contribution >= 4 is 50.0 Å². The summed E-state index contributed by atoms with van der Waals surface area (Å²) in [5.41, 5.74) is 0.529. The number of rotatable bonds is 5. The predicted octanol–water partition coefficient (Wildman–Crippen LogP) is 4.18. The molecule has 0 fully saturated rings. The van der Waals surface area contributed by atoms with Crippen molar-refractivity contribution in [1.82, 2.24) is 14.3 Å². The van der Waals surface area contributed by atoms with E-state index in [0.29, 0.717) is 21.5 Å². The third kappa shape index (κ3) is 4.66. The summed E-state index contributed by atoms with van der Waals surface area (Å²) < 4.78 is 41.1. The molecule has 0 radical (unpaired) electrons. The van der Waals surface area contributed by atoms with Gasteiger partial charge < -0.3 is 9.55 Å². The van der Waals surface area contributed by atoms with Crippen molar-refractivity contribution in [1.29, 1.82) is 0 Å². The average molecular weight is 508 g/mol. The summed E-state index contributed by atoms with van der Waals surface area (Å²) in [7, 11) is -3.94. The molecule has 0 spiro atoms. The van der Waals surface area contributed by atoms with E-state index in [1.54, 1.807) is 24.3 Å². The lowest BCUT2D eigenvalue weighted by molar-refractivity contribution is 0.0974. The number of nitrogens with one attached hydrogen (secondary N) is 2. The zero-order chi connectivity index (χ0) is 23.9. The van der Waals surface area contributed by atoms with E-state index >= 15 is 0 Å². The summed E-state index contributed by atoms with van der Waals surface area (Å²) in [5.74, 6) is -1.49. The number of fused-ring (bicyclic) bond motifs is 1. The van der Waals surface area contributed by atoms with Gasteiger partial charge in [-0.2, -0.15) is 0 Å². The Balaban J connectivity index is 2.10. The second-order valence-electron chi connectivity index (χ2n) is 7.32. The third-order valence-corrected chi connectivity index (χ3v) is 6.10. The van der Waals surface area contributed by atoms with Gasteiger partial charge in [0, 0.05) is 44.8 Å². The number of hydrogen-bond acceptors (Lipinski definition) is 4. The molecule has 0 atom stereocenters. The predicted molar refractivity (Wildman–Crippen MR) is 126 cm³/mol. The highest BCUT2D eigenvalue weighted by atomic mass is 35.5. The first-order chi connectivity index (χ1) is 15.5. The van der Waals surface area contributed by atoms with Crippen molar-refractivity contribution in [3.8, 4) is 11.1 Å². The summed E-state index contributed by atoms with van der Waals surface area (Å²) in [6.45, 7) is -0.0774. The number of carbonyl (C=O) groups excluding carboxylic acids is 1. The summed E-state index contributed by atoms with van der Waals surface area (Å²) in [6.07, 6.45) is 2.27. The van der Waals surface area contributed by atoms with E-state index in [4.69, 9.17) is 23.2 Å². The minimum atomic E-state index is -3.94. The van der Waals surface area contributed by atoms with Crippen LogP contribution in [0.4, 0.5) is 4.39 Å². The number of aromatic nitrogens is 2. The van der Waals surface area contributed by atoms with Gasteiger partial charge in [-0.05, 0) is 54.1 Å². The molecule has 0 aliphatic heterocycles. The van der Waals surface area contributed by atoms with Gasteiger partial charge in [0.15, 0.2) is 0 Å². The van der Waals surface area contributed by atoms with Crippen molar-refractivity contribution in [3.05, 3.63) is 92.2 Å². The Bertz CT molecular complexity index is 1580. The number of hydrogen-bond donors (Lipinski definition) is 2. The molecule has 0 saturated carbocycles. The Hall–Kier alpha value is -3.14. The lowest BCUT2D eigenvalue weighted by Gasteiger charge is -2.13. The summed E-state index contributed by atoms with van der Waals surface area (Å²) >= 11 is 12.5. The zero-order valence-electron chi connectivity index (χ0n) is 17.0. The van der Waals surface area contributed by atoms with Crippen LogP contribution in [-0.4, -0.2) is 30.1 Å². The first-order valence-corrected chi connectivity index (χ1v) is 12.2. The number of benzene rings is 2. The van der Waals surface area contributed by atoms with Gasteiger partial charge in [-0.15, -0.1) is 0 Å². The van der Waals surface area contributed by atoms with Crippen molar-refractivity contribution < 1.29 is 17.6 Å². The Labute approximate surface area is 197 Å². The largest absolute Gasteiger partial charge is 0.331 e. The van der Waals surface area contributed by atoms with Crippen LogP contribution in [0, 0.1) is 5.82 Å². The van der Waals surface area contributed by atoms with Crippen LogP contribution in [0.15, 0.2) is 59.5 Å². The van der Waals surface area contributed by atoms with E-state index in [2.05, 4.69) is 4.98 Å². The molecule has 4 rings (SSSR count). The van der Waals surface area contributed by atoms with Crippen LogP contribution in [0.25, 0.3) is 22.0 Å². The number of nitrogens with zero attached hydrogens (tertiary/aromatic N) is 1. The first-order valence-electron chi connectivity index (χ1n) is 9.51. The fourth-order valence-electron chi connectivity index (χ4n) is 3.67. The summed E-state index contributed by atoms with van der Waals surface area (Å²) in [4.78, 5) is 28.4. The topological polar surface area (TPSA) is 101 Å². The number of amides is 1. The zero-order valence-corrected chi connectivity index (χ0v) is 19.4. The lowest BCUT2D eigenvalue weighted by atomic mass is 10.0. The molecule has 33 heavy (non-hydrogen) atoms. The number of carbonyl (C=O) groups is 1. The molecule has 4 aromatic rings. The van der Waals surface area contributed by atoms with E-state index < -0.39 is 27.3 Å². The van der Waals surface area contributed by atoms with Gasteiger partial charge in [-0.25, -0.2) is 17.5 Å². The number of H-pyrrole nitrogens is 1. The Morgan fingerprint density at radius 2 is 1.91 bits per heavy atom. The number of halogens is 3. The van der Waals surface area contributed by atoms with Gasteiger partial charge in [0.05, 0.1) is 6.26 Å². The van der Waals surface area contributed by atoms with Gasteiger partial charge >= 0.3 is 0 Å². The highest BCUT2D eigenvalue weighted by molar-refractivity contribution is 7.89. The first kappa shape index (κ1) is 23.0. The maximum Gasteiger partial charge on any atom is 0.282 e. The normalized spacial score (nSPS) is 11.6. The highest BCUT2D eigenvalue weighted by Gasteiger charge is 2.27. The van der Waals surface area contributed by atoms with E-state index in [1.807, 2.05) is 4.72 Å². The second-order valence-corrected chi connectivity index (χ2v) is 9.92. The molecular formula is C22H16Cl2FN3O4S. The Morgan fingerprint density at radius 3 is 2.61 bits per heavy atom. The molecule has 2 heterocycles. The Morgan fingerprint density at radius 1 is 1.15 bits per heavy atom. The van der Waals surface area contributed by atoms with Crippen LogP contribution < -0.4 is 10.3 Å². The molecule has 2 aromatic carbocycles. The average Bonchev–Trinajstić information content (AvgIpc) is 3.03. The molecule has 0 unspecified atom stereocenters. The maximum atomic E-state index is 13.9. The standard InChI is InChI=1S/C22H16Cl2FN3O4S/c1-33(31,32)27-22(30)20-19(15-3-2-8-26-21(15)29)16-10-13(23)4-7-18(16)28(20)11-12-9-14(25)5-6-17(12)24/h2-10H,11H2,1H3,(H,26,29)(H,27,30). The number of sulfonamides is 1. The minimum absolute atomic E-state index is 0.0774. The second kappa shape index (κ2) is 8.66. The van der Waals surface area contributed by atoms with Crippen molar-refractivity contribution in [2.75, 3.05) is 6.26 Å². The van der Waals surface area contributed by atoms with E-state index in [-0.39, 0.29) is 28.4 Å². The van der Waals surface area contributed by atoms with Crippen LogP contribution in [-0.2, 0) is 16.6 Å². The fraction of sp³-hybridized carbons (Fsp3) is 0.0909. The molecule has 2 aromatic heterocycles. The summed E-state index contributed by atoms with van der Waals surface area (Å²) in [6, 6.07) is 11.7. The fourth-order valence-corrected chi connectivity index (χ4v) is 4.45. The SMILES string of the molecule is CS(=O)(=O)NC(=O)c1c(-c2ccc[nH]c2=O)c2cc(Cl)ccc2n1Cc1cc(F)ccc1Cl. The molecule has 1 amide bonds. The highest BCUT2D eigenvalue weighted by Crippen LogP contribution is 2.36. The van der Waals surface area contributed by atoms with Crippen LogP contribution in [0.5, 0.6) is 0 Å². The molecule has 7 nitrogen and oxygen atoms in total. The lowest BCUT2D eigenvalue weighted by Crippen LogP contribution is -2.32. The molecule has 2 N–H and O–H groups in total. The maximum absolute atomic E-state index is 13.9. The van der Waals surface area contributed by atoms with Gasteiger partial charge in [-0.1, -0.05) is 23.2 Å². The summed E-state index contributed by atoms with van der Waals surface area (Å²) in [5, 5.41) is 1.03. The van der Waals surface area contributed by atoms with Gasteiger partial charge in [0.25, 0.3) is 11.5 Å².